The molecule has 0 radical (unpaired) electrons. The quantitative estimate of drug-likeness (QED) is 0.230. The second-order valence-electron chi connectivity index (χ2n) is 9.37. The summed E-state index contributed by atoms with van der Waals surface area (Å²) >= 11 is 1.83. The molecule has 2 heterocycles. The van der Waals surface area contributed by atoms with Crippen LogP contribution in [0.1, 0.15) is 0 Å². The second-order valence-corrected chi connectivity index (χ2v) is 10.4. The van der Waals surface area contributed by atoms with Gasteiger partial charge in [0.05, 0.1) is 23.3 Å². The summed E-state index contributed by atoms with van der Waals surface area (Å²) in [5, 5.41) is 2.56. The van der Waals surface area contributed by atoms with Crippen molar-refractivity contribution in [2.45, 2.75) is 0 Å². The molecule has 2 aromatic heterocycles. The number of aromatic nitrogens is 2. The van der Waals surface area contributed by atoms with Crippen molar-refractivity contribution in [1.82, 2.24) is 9.97 Å². The summed E-state index contributed by atoms with van der Waals surface area (Å²) < 4.78 is 2.54. The molecule has 0 amide bonds. The topological polar surface area (TPSA) is 25.8 Å². The maximum atomic E-state index is 5.36. The van der Waals surface area contributed by atoms with E-state index in [4.69, 9.17) is 9.97 Å². The maximum Gasteiger partial charge on any atom is 0.0979 e. The van der Waals surface area contributed by atoms with Gasteiger partial charge in [0, 0.05) is 36.9 Å². The van der Waals surface area contributed by atoms with Crippen LogP contribution in [0.2, 0.25) is 0 Å². The summed E-state index contributed by atoms with van der Waals surface area (Å²) in [5.74, 6) is 0. The highest BCUT2D eigenvalue weighted by Crippen LogP contribution is 2.47. The summed E-state index contributed by atoms with van der Waals surface area (Å²) in [4.78, 5) is 10.5. The number of nitrogens with zero attached hydrogens (tertiary/aromatic N) is 2. The third-order valence-electron chi connectivity index (χ3n) is 7.32. The van der Waals surface area contributed by atoms with Crippen LogP contribution in [0.5, 0.6) is 0 Å². The molecule has 8 rings (SSSR count). The summed E-state index contributed by atoms with van der Waals surface area (Å²) in [7, 11) is 0. The maximum absolute atomic E-state index is 5.36. The monoisotopic (exact) mass is 488 g/mol. The number of hydrogen-bond donors (Lipinski definition) is 0. The average Bonchev–Trinajstić information content (AvgIpc) is 3.35. The Balaban J connectivity index is 1.45. The van der Waals surface area contributed by atoms with E-state index in [2.05, 4.69) is 115 Å². The van der Waals surface area contributed by atoms with Crippen LogP contribution in [0.15, 0.2) is 121 Å². The Morgan fingerprint density at radius 2 is 0.946 bits per heavy atom. The Labute approximate surface area is 218 Å². The molecule has 5 aromatic carbocycles. The predicted molar refractivity (Wildman–Crippen MR) is 156 cm³/mol. The van der Waals surface area contributed by atoms with Crippen LogP contribution < -0.4 is 0 Å². The molecule has 0 N–H and O–H groups in total. The lowest BCUT2D eigenvalue weighted by molar-refractivity contribution is 1.21. The Morgan fingerprint density at radius 1 is 0.432 bits per heavy atom. The molecule has 7 aromatic rings. The summed E-state index contributed by atoms with van der Waals surface area (Å²) in [6, 6.07) is 40.9. The lowest BCUT2D eigenvalue weighted by atomic mass is 9.84. The third-order valence-corrected chi connectivity index (χ3v) is 8.54. The first-order chi connectivity index (χ1) is 18.4. The van der Waals surface area contributed by atoms with Gasteiger partial charge >= 0.3 is 0 Å². The van der Waals surface area contributed by atoms with Crippen molar-refractivity contribution in [2.75, 3.05) is 0 Å². The largest absolute Gasteiger partial charge is 0.252 e. The van der Waals surface area contributed by atoms with Gasteiger partial charge in [0.1, 0.15) is 0 Å². The first-order valence-corrected chi connectivity index (χ1v) is 13.2. The Kier molecular flexibility index (Phi) is 4.42. The van der Waals surface area contributed by atoms with E-state index in [0.717, 1.165) is 33.8 Å². The van der Waals surface area contributed by atoms with Crippen molar-refractivity contribution in [3.05, 3.63) is 121 Å². The number of thiophene rings is 1. The average molecular weight is 489 g/mol. The van der Waals surface area contributed by atoms with E-state index in [0.29, 0.717) is 0 Å². The molecular formula is C34H20N2S. The van der Waals surface area contributed by atoms with Crippen LogP contribution in [0, 0.1) is 0 Å². The van der Waals surface area contributed by atoms with Crippen molar-refractivity contribution in [3.63, 3.8) is 0 Å². The third kappa shape index (κ3) is 3.05. The van der Waals surface area contributed by atoms with Crippen molar-refractivity contribution < 1.29 is 0 Å². The molecule has 0 atom stereocenters. The lowest BCUT2D eigenvalue weighted by Crippen LogP contribution is -2.01. The van der Waals surface area contributed by atoms with E-state index < -0.39 is 0 Å². The smallest absolute Gasteiger partial charge is 0.0979 e. The molecular weight excluding hydrogens is 468 g/mol. The van der Waals surface area contributed by atoms with Gasteiger partial charge in [-0.1, -0.05) is 109 Å². The van der Waals surface area contributed by atoms with Crippen molar-refractivity contribution >= 4 is 31.5 Å². The van der Waals surface area contributed by atoms with Gasteiger partial charge in [0.2, 0.25) is 0 Å². The molecule has 0 saturated carbocycles. The summed E-state index contributed by atoms with van der Waals surface area (Å²) in [5.41, 5.74) is 10.9. The van der Waals surface area contributed by atoms with Crippen molar-refractivity contribution in [2.24, 2.45) is 0 Å². The summed E-state index contributed by atoms with van der Waals surface area (Å²) in [6.07, 6.45) is 1.95. The van der Waals surface area contributed by atoms with Crippen LogP contribution in [0.4, 0.5) is 0 Å². The van der Waals surface area contributed by atoms with Gasteiger partial charge in [-0.3, -0.25) is 4.98 Å². The van der Waals surface area contributed by atoms with E-state index in [9.17, 15) is 0 Å². The Hall–Kier alpha value is -4.60. The molecule has 0 aliphatic heterocycles. The SMILES string of the molecule is c1ccc2c(c1)-c1ccccc1-c1ncc(-c3cccc4c3sc3ccccc34)nc1-c1ccccc1-2. The molecule has 2 nitrogen and oxygen atoms in total. The fourth-order valence-electron chi connectivity index (χ4n) is 5.65. The summed E-state index contributed by atoms with van der Waals surface area (Å²) in [6.45, 7) is 0. The second kappa shape index (κ2) is 7.95. The van der Waals surface area contributed by atoms with E-state index in [1.807, 2.05) is 17.5 Å². The number of rotatable bonds is 1. The minimum absolute atomic E-state index is 0.900. The van der Waals surface area contributed by atoms with Crippen LogP contribution >= 0.6 is 11.3 Å². The highest BCUT2D eigenvalue weighted by Gasteiger charge is 2.24. The van der Waals surface area contributed by atoms with Crippen molar-refractivity contribution in [1.29, 1.82) is 0 Å². The molecule has 172 valence electrons. The Morgan fingerprint density at radius 3 is 1.65 bits per heavy atom. The molecule has 0 fully saturated rings. The molecule has 0 saturated heterocycles. The van der Waals surface area contributed by atoms with E-state index >= 15 is 0 Å². The van der Waals surface area contributed by atoms with Crippen LogP contribution in [0.3, 0.4) is 0 Å². The van der Waals surface area contributed by atoms with Gasteiger partial charge < -0.3 is 0 Å². The molecule has 37 heavy (non-hydrogen) atoms. The predicted octanol–water partition coefficient (Wildman–Crippen LogP) is 9.49. The van der Waals surface area contributed by atoms with E-state index in [-0.39, 0.29) is 0 Å². The van der Waals surface area contributed by atoms with Gasteiger partial charge in [-0.05, 0) is 28.3 Å². The zero-order chi connectivity index (χ0) is 24.3. The molecule has 0 spiro atoms. The zero-order valence-corrected chi connectivity index (χ0v) is 20.7. The molecule has 1 aliphatic rings. The fraction of sp³-hybridized carbons (Fsp3) is 0. The molecule has 0 unspecified atom stereocenters. The van der Waals surface area contributed by atoms with Gasteiger partial charge in [0.25, 0.3) is 0 Å². The number of hydrogen-bond acceptors (Lipinski definition) is 3. The first kappa shape index (κ1) is 20.6. The first-order valence-electron chi connectivity index (χ1n) is 12.4. The van der Waals surface area contributed by atoms with Crippen LogP contribution in [-0.2, 0) is 0 Å². The number of fused-ring (bicyclic) bond motifs is 11. The highest BCUT2D eigenvalue weighted by molar-refractivity contribution is 7.26. The minimum Gasteiger partial charge on any atom is -0.252 e. The molecule has 0 bridgehead atoms. The molecule has 1 aliphatic carbocycles. The van der Waals surface area contributed by atoms with Gasteiger partial charge in [-0.2, -0.15) is 0 Å². The van der Waals surface area contributed by atoms with E-state index in [1.165, 1.54) is 42.4 Å². The normalized spacial score (nSPS) is 11.8. The zero-order valence-electron chi connectivity index (χ0n) is 19.8. The van der Waals surface area contributed by atoms with E-state index in [1.54, 1.807) is 0 Å². The van der Waals surface area contributed by atoms with Gasteiger partial charge in [-0.25, -0.2) is 4.98 Å². The molecule has 3 heteroatoms. The van der Waals surface area contributed by atoms with Gasteiger partial charge in [0.15, 0.2) is 0 Å². The number of benzene rings is 5. The lowest BCUT2D eigenvalue weighted by Gasteiger charge is -2.22. The van der Waals surface area contributed by atoms with Gasteiger partial charge in [-0.15, -0.1) is 11.3 Å². The highest BCUT2D eigenvalue weighted by atomic mass is 32.1. The van der Waals surface area contributed by atoms with Crippen LogP contribution in [0.25, 0.3) is 76.2 Å². The minimum atomic E-state index is 0.900. The Bertz CT molecular complexity index is 1990. The van der Waals surface area contributed by atoms with Crippen molar-refractivity contribution in [3.8, 4) is 56.0 Å². The van der Waals surface area contributed by atoms with Crippen LogP contribution in [-0.4, -0.2) is 9.97 Å². The standard InChI is InChI=1S/C34H20N2S/c1-2-11-22-21(10-1)23-12-3-5-15-26(23)32-33(27-16-6-4-13-24(22)27)36-30(20-35-32)29-18-9-17-28-25-14-7-8-19-31(25)37-34(28)29/h1-20H. The fourth-order valence-corrected chi connectivity index (χ4v) is 6.88.